The number of hydrogen-bond acceptors (Lipinski definition) is 4. The zero-order valence-corrected chi connectivity index (χ0v) is 16.6. The molecule has 0 aliphatic carbocycles. The fourth-order valence-corrected chi connectivity index (χ4v) is 4.36. The number of sulfonamides is 1. The second-order valence-corrected chi connectivity index (χ2v) is 8.76. The number of nitrogens with zero attached hydrogens (tertiary/aromatic N) is 2. The summed E-state index contributed by atoms with van der Waals surface area (Å²) >= 11 is 0. The van der Waals surface area contributed by atoms with Gasteiger partial charge in [0.15, 0.2) is 0 Å². The van der Waals surface area contributed by atoms with Crippen LogP contribution in [0.5, 0.6) is 0 Å². The molecule has 3 aromatic carbocycles. The third-order valence-corrected chi connectivity index (χ3v) is 6.35. The third kappa shape index (κ3) is 3.87. The third-order valence-electron chi connectivity index (χ3n) is 5.13. The first-order valence-corrected chi connectivity index (χ1v) is 10.9. The summed E-state index contributed by atoms with van der Waals surface area (Å²) in [5.74, 6) is 0. The molecule has 3 aromatic rings. The van der Waals surface area contributed by atoms with Crippen LogP contribution in [-0.4, -0.2) is 27.7 Å². The maximum Gasteiger partial charge on any atom is 0.276 e. The van der Waals surface area contributed by atoms with Gasteiger partial charge in [0.25, 0.3) is 10.0 Å². The molecule has 0 radical (unpaired) electrons. The van der Waals surface area contributed by atoms with Gasteiger partial charge in [0.2, 0.25) is 0 Å². The maximum atomic E-state index is 12.5. The summed E-state index contributed by atoms with van der Waals surface area (Å²) in [5.41, 5.74) is 3.17. The zero-order chi connectivity index (χ0) is 19.6. The molecule has 0 saturated carbocycles. The van der Waals surface area contributed by atoms with Crippen LogP contribution in [-0.2, 0) is 10.0 Å². The van der Waals surface area contributed by atoms with Gasteiger partial charge >= 0.3 is 0 Å². The van der Waals surface area contributed by atoms with Gasteiger partial charge in [-0.25, -0.2) is 4.83 Å². The van der Waals surface area contributed by atoms with Gasteiger partial charge in [-0.15, -0.1) is 0 Å². The van der Waals surface area contributed by atoms with Crippen LogP contribution in [0, 0.1) is 6.92 Å². The fourth-order valence-electron chi connectivity index (χ4n) is 3.53. The predicted molar refractivity (Wildman–Crippen MR) is 114 cm³/mol. The summed E-state index contributed by atoms with van der Waals surface area (Å²) in [6.45, 7) is 4.20. The fraction of sp³-hybridized carbons (Fsp3) is 0.227. The van der Waals surface area contributed by atoms with Crippen molar-refractivity contribution in [3.05, 3.63) is 71.8 Å². The van der Waals surface area contributed by atoms with E-state index >= 15 is 0 Å². The first-order valence-electron chi connectivity index (χ1n) is 9.42. The molecule has 1 saturated heterocycles. The van der Waals surface area contributed by atoms with Crippen molar-refractivity contribution in [1.29, 1.82) is 0 Å². The number of anilines is 1. The zero-order valence-electron chi connectivity index (χ0n) is 15.8. The molecule has 6 heteroatoms. The Bertz CT molecular complexity index is 1130. The van der Waals surface area contributed by atoms with E-state index in [0.717, 1.165) is 35.0 Å². The van der Waals surface area contributed by atoms with Crippen molar-refractivity contribution in [2.75, 3.05) is 18.0 Å². The molecule has 1 heterocycles. The Balaban J connectivity index is 1.50. The first kappa shape index (κ1) is 18.5. The SMILES string of the molecule is Cc1cc(N2CCCC2)ccc1/C=N/NS(=O)(=O)c1ccc2ccccc2c1. The average Bonchev–Trinajstić information content (AvgIpc) is 3.23. The van der Waals surface area contributed by atoms with E-state index in [1.165, 1.54) is 18.5 Å². The molecule has 1 N–H and O–H groups in total. The Kier molecular flexibility index (Phi) is 5.05. The summed E-state index contributed by atoms with van der Waals surface area (Å²) < 4.78 is 25.1. The minimum atomic E-state index is -3.71. The van der Waals surface area contributed by atoms with Crippen molar-refractivity contribution in [1.82, 2.24) is 4.83 Å². The van der Waals surface area contributed by atoms with Gasteiger partial charge < -0.3 is 4.90 Å². The Morgan fingerprint density at radius 2 is 1.71 bits per heavy atom. The molecule has 4 rings (SSSR count). The summed E-state index contributed by atoms with van der Waals surface area (Å²) in [7, 11) is -3.71. The molecular formula is C22H23N3O2S. The molecule has 1 fully saturated rings. The summed E-state index contributed by atoms with van der Waals surface area (Å²) in [4.78, 5) is 4.89. The van der Waals surface area contributed by atoms with E-state index in [9.17, 15) is 8.42 Å². The highest BCUT2D eigenvalue weighted by Crippen LogP contribution is 2.22. The van der Waals surface area contributed by atoms with Crippen LogP contribution in [0.2, 0.25) is 0 Å². The number of fused-ring (bicyclic) bond motifs is 1. The van der Waals surface area contributed by atoms with Gasteiger partial charge in [-0.2, -0.15) is 13.5 Å². The highest BCUT2D eigenvalue weighted by Gasteiger charge is 2.14. The molecule has 0 spiro atoms. The van der Waals surface area contributed by atoms with E-state index in [-0.39, 0.29) is 4.90 Å². The minimum absolute atomic E-state index is 0.199. The lowest BCUT2D eigenvalue weighted by atomic mass is 10.1. The minimum Gasteiger partial charge on any atom is -0.372 e. The smallest absolute Gasteiger partial charge is 0.276 e. The second kappa shape index (κ2) is 7.64. The standard InChI is InChI=1S/C22H23N3O2S/c1-17-14-21(25-12-4-5-13-25)10-8-20(17)16-23-24-28(26,27)22-11-9-18-6-2-3-7-19(18)15-22/h2-3,6-11,14-16,24H,4-5,12-13H2,1H3/b23-16+. The normalized spacial score (nSPS) is 14.8. The Labute approximate surface area is 165 Å². The van der Waals surface area contributed by atoms with E-state index in [2.05, 4.69) is 27.0 Å². The number of nitrogens with one attached hydrogen (secondary N) is 1. The average molecular weight is 394 g/mol. The highest BCUT2D eigenvalue weighted by molar-refractivity contribution is 7.89. The lowest BCUT2D eigenvalue weighted by Gasteiger charge is -2.18. The topological polar surface area (TPSA) is 61.8 Å². The van der Waals surface area contributed by atoms with E-state index in [1.807, 2.05) is 37.3 Å². The van der Waals surface area contributed by atoms with Crippen molar-refractivity contribution in [3.63, 3.8) is 0 Å². The van der Waals surface area contributed by atoms with Crippen LogP contribution >= 0.6 is 0 Å². The molecule has 0 unspecified atom stereocenters. The summed E-state index contributed by atoms with van der Waals surface area (Å²) in [5, 5.41) is 5.86. The Morgan fingerprint density at radius 1 is 0.964 bits per heavy atom. The Morgan fingerprint density at radius 3 is 2.46 bits per heavy atom. The molecule has 144 valence electrons. The van der Waals surface area contributed by atoms with Crippen molar-refractivity contribution in [3.8, 4) is 0 Å². The van der Waals surface area contributed by atoms with Crippen LogP contribution in [0.3, 0.4) is 0 Å². The van der Waals surface area contributed by atoms with Crippen molar-refractivity contribution >= 4 is 32.7 Å². The van der Waals surface area contributed by atoms with Crippen LogP contribution in [0.1, 0.15) is 24.0 Å². The second-order valence-electron chi connectivity index (χ2n) is 7.10. The summed E-state index contributed by atoms with van der Waals surface area (Å²) in [6, 6.07) is 18.9. The van der Waals surface area contributed by atoms with E-state index in [1.54, 1.807) is 24.4 Å². The number of hydrazone groups is 1. The quantitative estimate of drug-likeness (QED) is 0.525. The van der Waals surface area contributed by atoms with Gasteiger partial charge in [-0.1, -0.05) is 36.4 Å². The number of benzene rings is 3. The van der Waals surface area contributed by atoms with Gasteiger partial charge in [0, 0.05) is 18.8 Å². The monoisotopic (exact) mass is 393 g/mol. The molecule has 28 heavy (non-hydrogen) atoms. The van der Waals surface area contributed by atoms with E-state index in [0.29, 0.717) is 0 Å². The van der Waals surface area contributed by atoms with Crippen molar-refractivity contribution in [2.24, 2.45) is 5.10 Å². The van der Waals surface area contributed by atoms with Crippen LogP contribution in [0.4, 0.5) is 5.69 Å². The van der Waals surface area contributed by atoms with Crippen LogP contribution < -0.4 is 9.73 Å². The molecule has 0 atom stereocenters. The number of aryl methyl sites for hydroxylation is 1. The van der Waals surface area contributed by atoms with Gasteiger partial charge in [-0.3, -0.25) is 0 Å². The number of rotatable bonds is 5. The molecule has 0 amide bonds. The Hall–Kier alpha value is -2.86. The lowest BCUT2D eigenvalue weighted by Crippen LogP contribution is -2.18. The molecular weight excluding hydrogens is 370 g/mol. The first-order chi connectivity index (χ1) is 13.5. The lowest BCUT2D eigenvalue weighted by molar-refractivity contribution is 0.585. The highest BCUT2D eigenvalue weighted by atomic mass is 32.2. The molecule has 5 nitrogen and oxygen atoms in total. The predicted octanol–water partition coefficient (Wildman–Crippen LogP) is 4.06. The molecule has 1 aliphatic rings. The van der Waals surface area contributed by atoms with Crippen molar-refractivity contribution < 1.29 is 8.42 Å². The van der Waals surface area contributed by atoms with Crippen LogP contribution in [0.15, 0.2) is 70.7 Å². The van der Waals surface area contributed by atoms with E-state index < -0.39 is 10.0 Å². The largest absolute Gasteiger partial charge is 0.372 e. The molecule has 0 aromatic heterocycles. The van der Waals surface area contributed by atoms with Crippen molar-refractivity contribution in [2.45, 2.75) is 24.7 Å². The number of hydrogen-bond donors (Lipinski definition) is 1. The van der Waals surface area contributed by atoms with Gasteiger partial charge in [-0.05, 0) is 65.9 Å². The van der Waals surface area contributed by atoms with Gasteiger partial charge in [0.05, 0.1) is 11.1 Å². The molecule has 0 bridgehead atoms. The van der Waals surface area contributed by atoms with Crippen LogP contribution in [0.25, 0.3) is 10.8 Å². The molecule has 1 aliphatic heterocycles. The summed E-state index contributed by atoms with van der Waals surface area (Å²) in [6.07, 6.45) is 4.03. The maximum absolute atomic E-state index is 12.5. The van der Waals surface area contributed by atoms with E-state index in [4.69, 9.17) is 0 Å². The van der Waals surface area contributed by atoms with Gasteiger partial charge in [0.1, 0.15) is 0 Å².